The van der Waals surface area contributed by atoms with Gasteiger partial charge in [-0.1, -0.05) is 66.3 Å². The number of sulfone groups is 1. The Morgan fingerprint density at radius 3 is 2.29 bits per heavy atom. The van der Waals surface area contributed by atoms with Crippen molar-refractivity contribution in [2.45, 2.75) is 18.4 Å². The summed E-state index contributed by atoms with van der Waals surface area (Å²) in [6.45, 7) is 1.97. The molecule has 0 saturated carbocycles. The molecule has 21 heavy (non-hydrogen) atoms. The number of benzene rings is 2. The van der Waals surface area contributed by atoms with E-state index in [4.69, 9.17) is 18.0 Å². The molecule has 0 aliphatic rings. The highest BCUT2D eigenvalue weighted by atomic mass is 32.2. The van der Waals surface area contributed by atoms with Gasteiger partial charge in [-0.05, 0) is 18.1 Å². The molecule has 0 atom stereocenters. The number of aryl methyl sites for hydroxylation is 1. The molecule has 0 aromatic heterocycles. The second-order valence-electron chi connectivity index (χ2n) is 5.04. The third-order valence-corrected chi connectivity index (χ3v) is 4.91. The fourth-order valence-electron chi connectivity index (χ4n) is 2.11. The van der Waals surface area contributed by atoms with Crippen LogP contribution in [-0.4, -0.2) is 13.4 Å². The van der Waals surface area contributed by atoms with Gasteiger partial charge in [0.1, 0.15) is 4.99 Å². The molecule has 2 rings (SSSR count). The molecule has 0 aliphatic carbocycles. The summed E-state index contributed by atoms with van der Waals surface area (Å²) in [4.78, 5) is 0.219. The molecule has 0 amide bonds. The molecular weight excluding hydrogens is 302 g/mol. The van der Waals surface area contributed by atoms with Gasteiger partial charge in [0.2, 0.25) is 0 Å². The third kappa shape index (κ3) is 4.37. The average Bonchev–Trinajstić information content (AvgIpc) is 2.41. The van der Waals surface area contributed by atoms with Gasteiger partial charge in [0, 0.05) is 5.56 Å². The van der Waals surface area contributed by atoms with Crippen LogP contribution < -0.4 is 5.73 Å². The summed E-state index contributed by atoms with van der Waals surface area (Å²) < 4.78 is 24.7. The lowest BCUT2D eigenvalue weighted by molar-refractivity contribution is 0.594. The van der Waals surface area contributed by atoms with E-state index in [-0.39, 0.29) is 16.5 Å². The summed E-state index contributed by atoms with van der Waals surface area (Å²) in [5.74, 6) is -0.0483. The molecule has 0 fully saturated rings. The van der Waals surface area contributed by atoms with Crippen LogP contribution in [0.5, 0.6) is 0 Å². The SMILES string of the molecule is Cc1ccc(CS(=O)(=O)Cc2ccccc2C(N)=S)cc1. The maximum absolute atomic E-state index is 12.3. The Labute approximate surface area is 130 Å². The van der Waals surface area contributed by atoms with Crippen molar-refractivity contribution >= 4 is 27.0 Å². The molecule has 0 radical (unpaired) electrons. The zero-order valence-electron chi connectivity index (χ0n) is 11.7. The monoisotopic (exact) mass is 319 g/mol. The molecule has 0 heterocycles. The minimum Gasteiger partial charge on any atom is -0.389 e. The Balaban J connectivity index is 2.22. The maximum atomic E-state index is 12.3. The second-order valence-corrected chi connectivity index (χ2v) is 7.54. The van der Waals surface area contributed by atoms with Crippen molar-refractivity contribution in [3.63, 3.8) is 0 Å². The Morgan fingerprint density at radius 2 is 1.67 bits per heavy atom. The van der Waals surface area contributed by atoms with E-state index in [1.54, 1.807) is 24.3 Å². The first kappa shape index (κ1) is 15.7. The van der Waals surface area contributed by atoms with Crippen molar-refractivity contribution in [2.75, 3.05) is 0 Å². The molecule has 110 valence electrons. The van der Waals surface area contributed by atoms with Crippen molar-refractivity contribution < 1.29 is 8.42 Å². The van der Waals surface area contributed by atoms with Crippen molar-refractivity contribution in [2.24, 2.45) is 5.73 Å². The van der Waals surface area contributed by atoms with Crippen LogP contribution in [-0.2, 0) is 21.3 Å². The van der Waals surface area contributed by atoms with Crippen molar-refractivity contribution in [3.05, 3.63) is 70.8 Å². The topological polar surface area (TPSA) is 60.2 Å². The molecule has 5 heteroatoms. The zero-order chi connectivity index (χ0) is 15.5. The maximum Gasteiger partial charge on any atom is 0.158 e. The Morgan fingerprint density at radius 1 is 1.05 bits per heavy atom. The molecule has 2 aromatic rings. The average molecular weight is 319 g/mol. The Bertz CT molecular complexity index is 750. The predicted molar refractivity (Wildman–Crippen MR) is 89.8 cm³/mol. The van der Waals surface area contributed by atoms with Crippen LogP contribution in [0, 0.1) is 6.92 Å². The van der Waals surface area contributed by atoms with E-state index in [9.17, 15) is 8.42 Å². The molecular formula is C16H17NO2S2. The fourth-order valence-corrected chi connectivity index (χ4v) is 3.84. The normalized spacial score (nSPS) is 11.3. The highest BCUT2D eigenvalue weighted by molar-refractivity contribution is 7.89. The van der Waals surface area contributed by atoms with Crippen molar-refractivity contribution in [3.8, 4) is 0 Å². The lowest BCUT2D eigenvalue weighted by atomic mass is 10.1. The van der Waals surface area contributed by atoms with E-state index in [0.29, 0.717) is 11.1 Å². The third-order valence-electron chi connectivity index (χ3n) is 3.17. The van der Waals surface area contributed by atoms with E-state index in [1.807, 2.05) is 31.2 Å². The van der Waals surface area contributed by atoms with Gasteiger partial charge < -0.3 is 5.73 Å². The van der Waals surface area contributed by atoms with Gasteiger partial charge in [0.25, 0.3) is 0 Å². The van der Waals surface area contributed by atoms with Crippen molar-refractivity contribution in [1.82, 2.24) is 0 Å². The molecule has 0 aliphatic heterocycles. The molecule has 0 unspecified atom stereocenters. The van der Waals surface area contributed by atoms with Gasteiger partial charge in [-0.15, -0.1) is 0 Å². The zero-order valence-corrected chi connectivity index (χ0v) is 13.4. The van der Waals surface area contributed by atoms with Crippen LogP contribution in [0.4, 0.5) is 0 Å². The van der Waals surface area contributed by atoms with Gasteiger partial charge >= 0.3 is 0 Å². The van der Waals surface area contributed by atoms with Gasteiger partial charge in [0.15, 0.2) is 9.84 Å². The van der Waals surface area contributed by atoms with E-state index in [0.717, 1.165) is 11.1 Å². The summed E-state index contributed by atoms with van der Waals surface area (Å²) in [5, 5.41) is 0. The number of hydrogen-bond acceptors (Lipinski definition) is 3. The number of hydrogen-bond donors (Lipinski definition) is 1. The van der Waals surface area contributed by atoms with Crippen LogP contribution in [0.15, 0.2) is 48.5 Å². The quantitative estimate of drug-likeness (QED) is 0.861. The highest BCUT2D eigenvalue weighted by Gasteiger charge is 2.16. The van der Waals surface area contributed by atoms with Crippen LogP contribution >= 0.6 is 12.2 Å². The summed E-state index contributed by atoms with van der Waals surface area (Å²) in [5.41, 5.74) is 8.81. The Hall–Kier alpha value is -1.72. The first-order chi connectivity index (χ1) is 9.87. The minimum atomic E-state index is -3.27. The smallest absolute Gasteiger partial charge is 0.158 e. The van der Waals surface area contributed by atoms with E-state index >= 15 is 0 Å². The van der Waals surface area contributed by atoms with Gasteiger partial charge in [0.05, 0.1) is 11.5 Å². The summed E-state index contributed by atoms with van der Waals surface area (Å²) in [6.07, 6.45) is 0. The summed E-state index contributed by atoms with van der Waals surface area (Å²) >= 11 is 4.97. The molecule has 0 bridgehead atoms. The molecule has 0 saturated heterocycles. The molecule has 3 nitrogen and oxygen atoms in total. The van der Waals surface area contributed by atoms with Crippen LogP contribution in [0.25, 0.3) is 0 Å². The lowest BCUT2D eigenvalue weighted by Crippen LogP contribution is -2.15. The van der Waals surface area contributed by atoms with E-state index in [2.05, 4.69) is 0 Å². The standard InChI is InChI=1S/C16H17NO2S2/c1-12-6-8-13(9-7-12)10-21(18,19)11-14-4-2-3-5-15(14)16(17)20/h2-9H,10-11H2,1H3,(H2,17,20). The summed E-state index contributed by atoms with van der Waals surface area (Å²) in [7, 11) is -3.27. The van der Waals surface area contributed by atoms with E-state index < -0.39 is 9.84 Å². The van der Waals surface area contributed by atoms with Gasteiger partial charge in [-0.3, -0.25) is 0 Å². The first-order valence-corrected chi connectivity index (χ1v) is 8.74. The van der Waals surface area contributed by atoms with Crippen molar-refractivity contribution in [1.29, 1.82) is 0 Å². The number of nitrogens with two attached hydrogens (primary N) is 1. The predicted octanol–water partition coefficient (Wildman–Crippen LogP) is 2.74. The number of thiocarbonyl (C=S) groups is 1. The molecule has 2 N–H and O–H groups in total. The molecule has 2 aromatic carbocycles. The highest BCUT2D eigenvalue weighted by Crippen LogP contribution is 2.16. The Kier molecular flexibility index (Phi) is 4.75. The fraction of sp³-hybridized carbons (Fsp3) is 0.188. The second kappa shape index (κ2) is 6.37. The van der Waals surface area contributed by atoms with E-state index in [1.165, 1.54) is 0 Å². The summed E-state index contributed by atoms with van der Waals surface area (Å²) in [6, 6.07) is 14.6. The van der Waals surface area contributed by atoms with Crippen LogP contribution in [0.3, 0.4) is 0 Å². The first-order valence-electron chi connectivity index (χ1n) is 6.51. The van der Waals surface area contributed by atoms with Gasteiger partial charge in [-0.25, -0.2) is 8.42 Å². The lowest BCUT2D eigenvalue weighted by Gasteiger charge is -2.09. The minimum absolute atomic E-state index is 0.0128. The van der Waals surface area contributed by atoms with Gasteiger partial charge in [-0.2, -0.15) is 0 Å². The van der Waals surface area contributed by atoms with Crippen LogP contribution in [0.2, 0.25) is 0 Å². The molecule has 0 spiro atoms. The number of rotatable bonds is 5. The largest absolute Gasteiger partial charge is 0.389 e. The van der Waals surface area contributed by atoms with Crippen LogP contribution in [0.1, 0.15) is 22.3 Å².